The minimum Gasteiger partial charge on any atom is -0.355 e. The summed E-state index contributed by atoms with van der Waals surface area (Å²) in [6.45, 7) is 4.33. The minimum absolute atomic E-state index is 0.153. The average molecular weight is 404 g/mol. The summed E-state index contributed by atoms with van der Waals surface area (Å²) < 4.78 is 13.0. The van der Waals surface area contributed by atoms with Crippen molar-refractivity contribution < 1.29 is 9.18 Å². The van der Waals surface area contributed by atoms with E-state index in [9.17, 15) is 9.18 Å². The maximum Gasteiger partial charge on any atom is 0.228 e. The number of nitrogens with one attached hydrogen (secondary N) is 1. The van der Waals surface area contributed by atoms with Crippen LogP contribution in [-0.2, 0) is 11.2 Å². The summed E-state index contributed by atoms with van der Waals surface area (Å²) in [5.41, 5.74) is 3.11. The summed E-state index contributed by atoms with van der Waals surface area (Å²) >= 11 is 0. The van der Waals surface area contributed by atoms with Crippen molar-refractivity contribution in [1.29, 1.82) is 0 Å². The SMILES string of the molecule is CC1CCN(c2ccc(-c3cccc(NC(=O)Cc4ccc(F)cc4)c3)nn2)CC1. The molecule has 0 unspecified atom stereocenters. The molecule has 0 radical (unpaired) electrons. The van der Waals surface area contributed by atoms with Crippen molar-refractivity contribution in [2.45, 2.75) is 26.2 Å². The fraction of sp³-hybridized carbons (Fsp3) is 0.292. The average Bonchev–Trinajstić information content (AvgIpc) is 2.76. The molecule has 0 saturated carbocycles. The smallest absolute Gasteiger partial charge is 0.228 e. The molecular formula is C24H25FN4O. The first-order valence-electron chi connectivity index (χ1n) is 10.3. The molecule has 1 aliphatic rings. The summed E-state index contributed by atoms with van der Waals surface area (Å²) in [6, 6.07) is 17.5. The predicted molar refractivity (Wildman–Crippen MR) is 117 cm³/mol. The summed E-state index contributed by atoms with van der Waals surface area (Å²) in [4.78, 5) is 14.6. The number of carbonyl (C=O) groups is 1. The molecule has 2 heterocycles. The molecule has 1 fully saturated rings. The van der Waals surface area contributed by atoms with Gasteiger partial charge in [0.15, 0.2) is 5.82 Å². The van der Waals surface area contributed by atoms with Gasteiger partial charge in [-0.05, 0) is 60.7 Å². The zero-order chi connectivity index (χ0) is 20.9. The van der Waals surface area contributed by atoms with Crippen LogP contribution in [0.2, 0.25) is 0 Å². The van der Waals surface area contributed by atoms with Gasteiger partial charge in [-0.15, -0.1) is 10.2 Å². The lowest BCUT2D eigenvalue weighted by Crippen LogP contribution is -2.33. The molecule has 5 nitrogen and oxygen atoms in total. The Balaban J connectivity index is 1.41. The molecule has 6 heteroatoms. The summed E-state index contributed by atoms with van der Waals surface area (Å²) in [5, 5.41) is 11.7. The quantitative estimate of drug-likeness (QED) is 0.670. The lowest BCUT2D eigenvalue weighted by atomic mass is 9.99. The number of hydrogen-bond acceptors (Lipinski definition) is 4. The number of aromatic nitrogens is 2. The van der Waals surface area contributed by atoms with E-state index < -0.39 is 0 Å². The van der Waals surface area contributed by atoms with Gasteiger partial charge in [-0.3, -0.25) is 4.79 Å². The van der Waals surface area contributed by atoms with E-state index in [0.29, 0.717) is 5.69 Å². The first kappa shape index (κ1) is 20.0. The van der Waals surface area contributed by atoms with E-state index in [4.69, 9.17) is 0 Å². The van der Waals surface area contributed by atoms with Crippen molar-refractivity contribution in [1.82, 2.24) is 10.2 Å². The lowest BCUT2D eigenvalue weighted by Gasteiger charge is -2.30. The van der Waals surface area contributed by atoms with Crippen molar-refractivity contribution in [2.75, 3.05) is 23.3 Å². The van der Waals surface area contributed by atoms with E-state index in [1.165, 1.54) is 25.0 Å². The van der Waals surface area contributed by atoms with Gasteiger partial charge in [0.05, 0.1) is 12.1 Å². The van der Waals surface area contributed by atoms with Crippen LogP contribution in [0.1, 0.15) is 25.3 Å². The molecule has 4 rings (SSSR count). The van der Waals surface area contributed by atoms with E-state index >= 15 is 0 Å². The highest BCUT2D eigenvalue weighted by molar-refractivity contribution is 5.92. The number of amides is 1. The molecule has 2 aromatic carbocycles. The summed E-state index contributed by atoms with van der Waals surface area (Å²) in [6.07, 6.45) is 2.56. The Kier molecular flexibility index (Phi) is 6.02. The van der Waals surface area contributed by atoms with Crippen LogP contribution in [-0.4, -0.2) is 29.2 Å². The fourth-order valence-corrected chi connectivity index (χ4v) is 3.63. The van der Waals surface area contributed by atoms with Gasteiger partial charge in [-0.2, -0.15) is 0 Å². The molecule has 30 heavy (non-hydrogen) atoms. The van der Waals surface area contributed by atoms with Crippen LogP contribution in [0.25, 0.3) is 11.3 Å². The van der Waals surface area contributed by atoms with Crippen LogP contribution in [0.15, 0.2) is 60.7 Å². The van der Waals surface area contributed by atoms with Gasteiger partial charge in [0.25, 0.3) is 0 Å². The third-order valence-electron chi connectivity index (χ3n) is 5.48. The number of piperidine rings is 1. The maximum atomic E-state index is 13.0. The number of halogens is 1. The van der Waals surface area contributed by atoms with Crippen LogP contribution in [0.3, 0.4) is 0 Å². The highest BCUT2D eigenvalue weighted by Crippen LogP contribution is 2.24. The second-order valence-corrected chi connectivity index (χ2v) is 7.88. The molecule has 1 saturated heterocycles. The summed E-state index contributed by atoms with van der Waals surface area (Å²) in [5.74, 6) is 1.22. The highest BCUT2D eigenvalue weighted by Gasteiger charge is 2.17. The van der Waals surface area contributed by atoms with E-state index in [0.717, 1.165) is 41.6 Å². The van der Waals surface area contributed by atoms with E-state index in [-0.39, 0.29) is 18.1 Å². The largest absolute Gasteiger partial charge is 0.355 e. The second-order valence-electron chi connectivity index (χ2n) is 7.88. The third-order valence-corrected chi connectivity index (χ3v) is 5.48. The normalized spacial score (nSPS) is 14.5. The molecule has 0 spiro atoms. The number of benzene rings is 2. The molecule has 3 aromatic rings. The fourth-order valence-electron chi connectivity index (χ4n) is 3.63. The van der Waals surface area contributed by atoms with Crippen molar-refractivity contribution in [3.8, 4) is 11.3 Å². The van der Waals surface area contributed by atoms with Crippen molar-refractivity contribution >= 4 is 17.4 Å². The molecular weight excluding hydrogens is 379 g/mol. The molecule has 154 valence electrons. The topological polar surface area (TPSA) is 58.1 Å². The number of carbonyl (C=O) groups excluding carboxylic acids is 1. The van der Waals surface area contributed by atoms with Gasteiger partial charge < -0.3 is 10.2 Å². The Labute approximate surface area is 176 Å². The Morgan fingerprint density at radius 1 is 1.07 bits per heavy atom. The Morgan fingerprint density at radius 2 is 1.83 bits per heavy atom. The molecule has 0 atom stereocenters. The standard InChI is InChI=1S/C24H25FN4O/c1-17-11-13-29(14-12-17)23-10-9-22(27-28-23)19-3-2-4-21(16-19)26-24(30)15-18-5-7-20(25)8-6-18/h2-10,16-17H,11-15H2,1H3,(H,26,30). The number of rotatable bonds is 5. The van der Waals surface area contributed by atoms with Gasteiger partial charge in [0.2, 0.25) is 5.91 Å². The third kappa shape index (κ3) is 5.00. The van der Waals surface area contributed by atoms with Crippen molar-refractivity contribution in [3.63, 3.8) is 0 Å². The molecule has 1 N–H and O–H groups in total. The minimum atomic E-state index is -0.311. The van der Waals surface area contributed by atoms with Crippen molar-refractivity contribution in [2.24, 2.45) is 5.92 Å². The highest BCUT2D eigenvalue weighted by atomic mass is 19.1. The molecule has 1 aliphatic heterocycles. The monoisotopic (exact) mass is 404 g/mol. The number of hydrogen-bond donors (Lipinski definition) is 1. The Morgan fingerprint density at radius 3 is 2.53 bits per heavy atom. The van der Waals surface area contributed by atoms with Crippen LogP contribution in [0.4, 0.5) is 15.9 Å². The Hall–Kier alpha value is -3.28. The molecule has 0 aliphatic carbocycles. The first-order valence-corrected chi connectivity index (χ1v) is 10.3. The van der Waals surface area contributed by atoms with Gasteiger partial charge in [0.1, 0.15) is 5.82 Å². The zero-order valence-corrected chi connectivity index (χ0v) is 17.0. The van der Waals surface area contributed by atoms with Gasteiger partial charge in [0, 0.05) is 24.3 Å². The number of nitrogens with zero attached hydrogens (tertiary/aromatic N) is 3. The van der Waals surface area contributed by atoms with Crippen LogP contribution < -0.4 is 10.2 Å². The van der Waals surface area contributed by atoms with Crippen LogP contribution >= 0.6 is 0 Å². The zero-order valence-electron chi connectivity index (χ0n) is 17.0. The Bertz CT molecular complexity index is 996. The van der Waals surface area contributed by atoms with Crippen LogP contribution in [0.5, 0.6) is 0 Å². The summed E-state index contributed by atoms with van der Waals surface area (Å²) in [7, 11) is 0. The predicted octanol–water partition coefficient (Wildman–Crippen LogP) is 4.70. The van der Waals surface area contributed by atoms with Crippen molar-refractivity contribution in [3.05, 3.63) is 72.0 Å². The lowest BCUT2D eigenvalue weighted by molar-refractivity contribution is -0.115. The molecule has 1 aromatic heterocycles. The second kappa shape index (κ2) is 9.03. The molecule has 1 amide bonds. The van der Waals surface area contributed by atoms with E-state index in [2.05, 4.69) is 27.3 Å². The van der Waals surface area contributed by atoms with Gasteiger partial charge in [-0.1, -0.05) is 31.2 Å². The van der Waals surface area contributed by atoms with Crippen LogP contribution in [0, 0.1) is 11.7 Å². The van der Waals surface area contributed by atoms with E-state index in [1.54, 1.807) is 12.1 Å². The van der Waals surface area contributed by atoms with E-state index in [1.807, 2.05) is 36.4 Å². The number of anilines is 2. The maximum absolute atomic E-state index is 13.0. The molecule has 0 bridgehead atoms. The van der Waals surface area contributed by atoms with Gasteiger partial charge >= 0.3 is 0 Å². The first-order chi connectivity index (χ1) is 14.6. The van der Waals surface area contributed by atoms with Gasteiger partial charge in [-0.25, -0.2) is 4.39 Å².